The highest BCUT2D eigenvalue weighted by Gasteiger charge is 2.42. The number of nitrogens with one attached hydrogen (secondary N) is 1. The predicted molar refractivity (Wildman–Crippen MR) is 88.6 cm³/mol. The van der Waals surface area contributed by atoms with Crippen LogP contribution in [0.15, 0.2) is 0 Å². The van der Waals surface area contributed by atoms with Gasteiger partial charge in [0.25, 0.3) is 0 Å². The van der Waals surface area contributed by atoms with Gasteiger partial charge < -0.3 is 15.1 Å². The zero-order valence-electron chi connectivity index (χ0n) is 14.0. The first-order valence-corrected chi connectivity index (χ1v) is 8.79. The molecule has 3 aliphatic rings. The quantitative estimate of drug-likeness (QED) is 0.895. The number of rotatable bonds is 2. The van der Waals surface area contributed by atoms with E-state index < -0.39 is 0 Å². The first-order valence-electron chi connectivity index (χ1n) is 8.79. The zero-order valence-corrected chi connectivity index (χ0v) is 14.0. The van der Waals surface area contributed by atoms with Crippen LogP contribution in [0.2, 0.25) is 0 Å². The number of aryl methyl sites for hydroxylation is 2. The van der Waals surface area contributed by atoms with Gasteiger partial charge in [0, 0.05) is 55.8 Å². The van der Waals surface area contributed by atoms with Crippen molar-refractivity contribution in [3.8, 4) is 0 Å². The molecule has 1 aromatic rings. The average Bonchev–Trinajstić information content (AvgIpc) is 3.19. The largest absolute Gasteiger partial charge is 0.356 e. The summed E-state index contributed by atoms with van der Waals surface area (Å²) in [6.07, 6.45) is 3.41. The number of hydrogen-bond donors (Lipinski definition) is 1. The van der Waals surface area contributed by atoms with Crippen LogP contribution in [0.25, 0.3) is 0 Å². The number of nitrogens with zero attached hydrogens (tertiary/aromatic N) is 4. The second kappa shape index (κ2) is 5.65. The molecule has 1 aliphatic carbocycles. The highest BCUT2D eigenvalue weighted by atomic mass is 16.2. The van der Waals surface area contributed by atoms with Crippen molar-refractivity contribution < 1.29 is 4.79 Å². The lowest BCUT2D eigenvalue weighted by molar-refractivity contribution is 0.206. The SMILES string of the molecule is CCNC(=O)N1CC2CN(c3nc(C)nc4c3CCC4)CC2C1. The Morgan fingerprint density at radius 3 is 2.61 bits per heavy atom. The Morgan fingerprint density at radius 1 is 1.17 bits per heavy atom. The van der Waals surface area contributed by atoms with Gasteiger partial charge in [-0.1, -0.05) is 0 Å². The highest BCUT2D eigenvalue weighted by molar-refractivity contribution is 5.74. The van der Waals surface area contributed by atoms with E-state index in [1.165, 1.54) is 23.5 Å². The van der Waals surface area contributed by atoms with Gasteiger partial charge >= 0.3 is 6.03 Å². The van der Waals surface area contributed by atoms with Crippen molar-refractivity contribution in [2.75, 3.05) is 37.6 Å². The Hall–Kier alpha value is -1.85. The molecule has 124 valence electrons. The number of amides is 2. The Labute approximate surface area is 137 Å². The summed E-state index contributed by atoms with van der Waals surface area (Å²) in [6, 6.07) is 0.0900. The zero-order chi connectivity index (χ0) is 16.0. The summed E-state index contributed by atoms with van der Waals surface area (Å²) >= 11 is 0. The number of carbonyl (C=O) groups is 1. The molecular weight excluding hydrogens is 290 g/mol. The fraction of sp³-hybridized carbons (Fsp3) is 0.706. The molecule has 0 aromatic carbocycles. The van der Waals surface area contributed by atoms with E-state index in [0.29, 0.717) is 18.4 Å². The van der Waals surface area contributed by atoms with Gasteiger partial charge in [-0.15, -0.1) is 0 Å². The molecule has 0 bridgehead atoms. The third-order valence-corrected chi connectivity index (χ3v) is 5.42. The van der Waals surface area contributed by atoms with E-state index in [1.807, 2.05) is 18.7 Å². The molecule has 1 aromatic heterocycles. The Balaban J connectivity index is 1.49. The van der Waals surface area contributed by atoms with Gasteiger partial charge in [0.1, 0.15) is 11.6 Å². The minimum Gasteiger partial charge on any atom is -0.356 e. The molecule has 6 heteroatoms. The molecule has 1 N–H and O–H groups in total. The number of likely N-dealkylation sites (tertiary alicyclic amines) is 1. The minimum absolute atomic E-state index is 0.0900. The number of urea groups is 1. The average molecular weight is 315 g/mol. The maximum absolute atomic E-state index is 12.0. The van der Waals surface area contributed by atoms with Crippen molar-refractivity contribution in [3.63, 3.8) is 0 Å². The number of hydrogen-bond acceptors (Lipinski definition) is 4. The number of anilines is 1. The second-order valence-corrected chi connectivity index (χ2v) is 7.04. The van der Waals surface area contributed by atoms with E-state index in [1.54, 1.807) is 0 Å². The second-order valence-electron chi connectivity index (χ2n) is 7.04. The summed E-state index contributed by atoms with van der Waals surface area (Å²) in [5.74, 6) is 3.21. The summed E-state index contributed by atoms with van der Waals surface area (Å²) in [7, 11) is 0. The van der Waals surface area contributed by atoms with Crippen LogP contribution in [0, 0.1) is 18.8 Å². The maximum atomic E-state index is 12.0. The molecule has 4 rings (SSSR count). The van der Waals surface area contributed by atoms with Crippen molar-refractivity contribution in [1.82, 2.24) is 20.2 Å². The molecule has 3 heterocycles. The van der Waals surface area contributed by atoms with Crippen LogP contribution >= 0.6 is 0 Å². The molecule has 2 aliphatic heterocycles. The van der Waals surface area contributed by atoms with Gasteiger partial charge in [0.2, 0.25) is 0 Å². The van der Waals surface area contributed by atoms with Gasteiger partial charge in [0.15, 0.2) is 0 Å². The fourth-order valence-electron chi connectivity index (χ4n) is 4.39. The van der Waals surface area contributed by atoms with E-state index in [9.17, 15) is 4.79 Å². The van der Waals surface area contributed by atoms with E-state index in [0.717, 1.165) is 44.8 Å². The van der Waals surface area contributed by atoms with E-state index in [2.05, 4.69) is 15.2 Å². The van der Waals surface area contributed by atoms with Gasteiger partial charge in [0.05, 0.1) is 0 Å². The Morgan fingerprint density at radius 2 is 1.91 bits per heavy atom. The maximum Gasteiger partial charge on any atom is 0.317 e. The first kappa shape index (κ1) is 14.7. The van der Waals surface area contributed by atoms with Crippen molar-refractivity contribution in [1.29, 1.82) is 0 Å². The molecule has 0 radical (unpaired) electrons. The molecule has 2 amide bonds. The summed E-state index contributed by atoms with van der Waals surface area (Å²) < 4.78 is 0. The van der Waals surface area contributed by atoms with Crippen molar-refractivity contribution >= 4 is 11.8 Å². The molecule has 0 spiro atoms. The van der Waals surface area contributed by atoms with Crippen LogP contribution in [0.1, 0.15) is 30.4 Å². The molecule has 23 heavy (non-hydrogen) atoms. The van der Waals surface area contributed by atoms with Gasteiger partial charge in [-0.05, 0) is 33.1 Å². The Bertz CT molecular complexity index is 618. The monoisotopic (exact) mass is 315 g/mol. The smallest absolute Gasteiger partial charge is 0.317 e. The summed E-state index contributed by atoms with van der Waals surface area (Å²) in [5.41, 5.74) is 2.63. The number of aromatic nitrogens is 2. The summed E-state index contributed by atoms with van der Waals surface area (Å²) in [4.78, 5) is 25.8. The lowest BCUT2D eigenvalue weighted by Gasteiger charge is -2.24. The molecule has 2 atom stereocenters. The minimum atomic E-state index is 0.0900. The van der Waals surface area contributed by atoms with Crippen LogP contribution in [-0.4, -0.2) is 53.6 Å². The lowest BCUT2D eigenvalue weighted by atomic mass is 10.0. The molecule has 2 saturated heterocycles. The van der Waals surface area contributed by atoms with Crippen LogP contribution in [0.4, 0.5) is 10.6 Å². The van der Waals surface area contributed by atoms with E-state index in [4.69, 9.17) is 4.98 Å². The highest BCUT2D eigenvalue weighted by Crippen LogP contribution is 2.36. The summed E-state index contributed by atoms with van der Waals surface area (Å²) in [6.45, 7) is 8.44. The fourth-order valence-corrected chi connectivity index (χ4v) is 4.39. The third-order valence-electron chi connectivity index (χ3n) is 5.42. The normalized spacial score (nSPS) is 25.7. The van der Waals surface area contributed by atoms with Crippen LogP contribution < -0.4 is 10.2 Å². The molecule has 2 fully saturated rings. The molecule has 6 nitrogen and oxygen atoms in total. The van der Waals surface area contributed by atoms with E-state index >= 15 is 0 Å². The number of carbonyl (C=O) groups excluding carboxylic acids is 1. The molecular formula is C17H25N5O. The third kappa shape index (κ3) is 2.54. The van der Waals surface area contributed by atoms with Crippen molar-refractivity contribution in [3.05, 3.63) is 17.1 Å². The van der Waals surface area contributed by atoms with Crippen LogP contribution in [0.3, 0.4) is 0 Å². The summed E-state index contributed by atoms with van der Waals surface area (Å²) in [5, 5.41) is 2.91. The topological polar surface area (TPSA) is 61.4 Å². The standard InChI is InChI=1S/C17H25N5O/c1-3-18-17(23)22-9-12-7-21(8-13(12)10-22)16-14-5-4-6-15(14)19-11(2)20-16/h12-13H,3-10H2,1-2H3,(H,18,23). The Kier molecular flexibility index (Phi) is 3.62. The van der Waals surface area contributed by atoms with Crippen molar-refractivity contribution in [2.24, 2.45) is 11.8 Å². The first-order chi connectivity index (χ1) is 11.2. The van der Waals surface area contributed by atoms with Gasteiger partial charge in [-0.2, -0.15) is 0 Å². The molecule has 2 unspecified atom stereocenters. The van der Waals surface area contributed by atoms with Gasteiger partial charge in [-0.3, -0.25) is 0 Å². The van der Waals surface area contributed by atoms with Crippen LogP contribution in [-0.2, 0) is 12.8 Å². The predicted octanol–water partition coefficient (Wildman–Crippen LogP) is 1.37. The van der Waals surface area contributed by atoms with E-state index in [-0.39, 0.29) is 6.03 Å². The van der Waals surface area contributed by atoms with Crippen LogP contribution in [0.5, 0.6) is 0 Å². The van der Waals surface area contributed by atoms with Gasteiger partial charge in [-0.25, -0.2) is 14.8 Å². The lowest BCUT2D eigenvalue weighted by Crippen LogP contribution is -2.40. The molecule has 0 saturated carbocycles. The number of fused-ring (bicyclic) bond motifs is 2. The van der Waals surface area contributed by atoms with Crippen molar-refractivity contribution in [2.45, 2.75) is 33.1 Å².